The zero-order valence-electron chi connectivity index (χ0n) is 13.1. The maximum absolute atomic E-state index is 13.1. The molecule has 0 saturated heterocycles. The number of hydrogen-bond acceptors (Lipinski definition) is 2. The van der Waals surface area contributed by atoms with Crippen molar-refractivity contribution in [2.45, 2.75) is 83.2 Å². The summed E-state index contributed by atoms with van der Waals surface area (Å²) in [4.78, 5) is 15.3. The molecule has 4 heteroatoms. The summed E-state index contributed by atoms with van der Waals surface area (Å²) in [5.74, 6) is 0.208. The van der Waals surface area contributed by atoms with Gasteiger partial charge in [0, 0.05) is 17.8 Å². The average Bonchev–Trinajstić information content (AvgIpc) is 2.96. The third kappa shape index (κ3) is 3.14. The maximum atomic E-state index is 13.1. The van der Waals surface area contributed by atoms with Crippen molar-refractivity contribution >= 4 is 5.91 Å². The number of aromatic amines is 1. The highest BCUT2D eigenvalue weighted by molar-refractivity contribution is 5.95. The second-order valence-corrected chi connectivity index (χ2v) is 6.70. The van der Waals surface area contributed by atoms with Crippen molar-refractivity contribution in [1.82, 2.24) is 15.1 Å². The fourth-order valence-electron chi connectivity index (χ4n) is 4.05. The molecule has 4 nitrogen and oxygen atoms in total. The molecule has 21 heavy (non-hydrogen) atoms. The summed E-state index contributed by atoms with van der Waals surface area (Å²) in [5, 5.41) is 6.96. The Bertz CT molecular complexity index is 452. The number of amides is 1. The molecule has 2 aliphatic rings. The van der Waals surface area contributed by atoms with Crippen LogP contribution >= 0.6 is 0 Å². The smallest absolute Gasteiger partial charge is 0.257 e. The first-order valence-corrected chi connectivity index (χ1v) is 8.60. The molecule has 2 saturated carbocycles. The Balaban J connectivity index is 1.83. The first-order chi connectivity index (χ1) is 10.3. The van der Waals surface area contributed by atoms with Crippen molar-refractivity contribution in [3.05, 3.63) is 17.5 Å². The Morgan fingerprint density at radius 2 is 1.57 bits per heavy atom. The van der Waals surface area contributed by atoms with Gasteiger partial charge in [-0.25, -0.2) is 0 Å². The normalized spacial score (nSPS) is 21.4. The lowest BCUT2D eigenvalue weighted by Gasteiger charge is -2.41. The predicted octanol–water partition coefficient (Wildman–Crippen LogP) is 3.83. The van der Waals surface area contributed by atoms with Gasteiger partial charge in [0.2, 0.25) is 0 Å². The molecule has 0 aliphatic heterocycles. The molecule has 2 fully saturated rings. The van der Waals surface area contributed by atoms with E-state index in [1.54, 1.807) is 6.20 Å². The number of hydrogen-bond donors (Lipinski definition) is 1. The number of aromatic nitrogens is 2. The number of rotatable bonds is 3. The molecule has 116 valence electrons. The van der Waals surface area contributed by atoms with Gasteiger partial charge in [0.15, 0.2) is 0 Å². The van der Waals surface area contributed by atoms with Gasteiger partial charge in [-0.15, -0.1) is 0 Å². The van der Waals surface area contributed by atoms with Crippen molar-refractivity contribution in [1.29, 1.82) is 0 Å². The highest BCUT2D eigenvalue weighted by Crippen LogP contribution is 2.31. The molecular formula is C17H27N3O. The van der Waals surface area contributed by atoms with Crippen molar-refractivity contribution in [3.63, 3.8) is 0 Å². The third-order valence-corrected chi connectivity index (χ3v) is 5.23. The fraction of sp³-hybridized carbons (Fsp3) is 0.765. The van der Waals surface area contributed by atoms with Crippen LogP contribution in [0.25, 0.3) is 0 Å². The van der Waals surface area contributed by atoms with Gasteiger partial charge in [-0.05, 0) is 32.6 Å². The van der Waals surface area contributed by atoms with Crippen LogP contribution in [0.2, 0.25) is 0 Å². The maximum Gasteiger partial charge on any atom is 0.257 e. The van der Waals surface area contributed by atoms with Crippen LogP contribution in [0, 0.1) is 6.92 Å². The summed E-state index contributed by atoms with van der Waals surface area (Å²) in [6.07, 6.45) is 14.2. The van der Waals surface area contributed by atoms with Gasteiger partial charge >= 0.3 is 0 Å². The van der Waals surface area contributed by atoms with E-state index in [9.17, 15) is 4.79 Å². The first kappa shape index (κ1) is 14.6. The lowest BCUT2D eigenvalue weighted by molar-refractivity contribution is 0.0448. The molecule has 0 radical (unpaired) electrons. The number of carbonyl (C=O) groups is 1. The summed E-state index contributed by atoms with van der Waals surface area (Å²) in [6.45, 7) is 1.94. The van der Waals surface area contributed by atoms with E-state index in [0.29, 0.717) is 12.1 Å². The summed E-state index contributed by atoms with van der Waals surface area (Å²) < 4.78 is 0. The second kappa shape index (κ2) is 6.63. The highest BCUT2D eigenvalue weighted by atomic mass is 16.2. The van der Waals surface area contributed by atoms with E-state index < -0.39 is 0 Å². The Labute approximate surface area is 127 Å². The Morgan fingerprint density at radius 3 is 2.00 bits per heavy atom. The van der Waals surface area contributed by atoms with Crippen LogP contribution in [0.1, 0.15) is 80.3 Å². The average molecular weight is 289 g/mol. The van der Waals surface area contributed by atoms with Crippen LogP contribution in [0.4, 0.5) is 0 Å². The fourth-order valence-corrected chi connectivity index (χ4v) is 4.05. The zero-order chi connectivity index (χ0) is 14.7. The molecule has 0 aromatic carbocycles. The van der Waals surface area contributed by atoms with Crippen LogP contribution in [0.15, 0.2) is 6.20 Å². The van der Waals surface area contributed by atoms with Crippen molar-refractivity contribution in [3.8, 4) is 0 Å². The molecule has 1 aromatic rings. The van der Waals surface area contributed by atoms with Crippen LogP contribution in [-0.2, 0) is 0 Å². The van der Waals surface area contributed by atoms with Crippen molar-refractivity contribution in [2.24, 2.45) is 0 Å². The Kier molecular flexibility index (Phi) is 4.61. The Morgan fingerprint density at radius 1 is 1.05 bits per heavy atom. The van der Waals surface area contributed by atoms with Gasteiger partial charge in [-0.3, -0.25) is 9.89 Å². The van der Waals surface area contributed by atoms with E-state index in [1.807, 2.05) is 6.92 Å². The topological polar surface area (TPSA) is 49.0 Å². The van der Waals surface area contributed by atoms with Crippen LogP contribution < -0.4 is 0 Å². The summed E-state index contributed by atoms with van der Waals surface area (Å²) in [6, 6.07) is 0.896. The SMILES string of the molecule is Cc1[nH]ncc1C(=O)N(C1CCCCC1)C1CCCCC1. The highest BCUT2D eigenvalue weighted by Gasteiger charge is 2.33. The van der Waals surface area contributed by atoms with E-state index in [4.69, 9.17) is 0 Å². The van der Waals surface area contributed by atoms with Crippen molar-refractivity contribution in [2.75, 3.05) is 0 Å². The molecule has 0 bridgehead atoms. The van der Waals surface area contributed by atoms with E-state index in [-0.39, 0.29) is 5.91 Å². The second-order valence-electron chi connectivity index (χ2n) is 6.70. The number of aryl methyl sites for hydroxylation is 1. The van der Waals surface area contributed by atoms with Crippen LogP contribution in [0.5, 0.6) is 0 Å². The minimum atomic E-state index is 0.208. The molecule has 1 aromatic heterocycles. The molecule has 2 aliphatic carbocycles. The minimum Gasteiger partial charge on any atom is -0.333 e. The number of nitrogens with one attached hydrogen (secondary N) is 1. The molecule has 0 spiro atoms. The molecule has 3 rings (SSSR count). The van der Waals surface area contributed by atoms with Gasteiger partial charge < -0.3 is 4.90 Å². The lowest BCUT2D eigenvalue weighted by atomic mass is 9.88. The minimum absolute atomic E-state index is 0.208. The Hall–Kier alpha value is -1.32. The zero-order valence-corrected chi connectivity index (χ0v) is 13.1. The number of H-pyrrole nitrogens is 1. The monoisotopic (exact) mass is 289 g/mol. The summed E-state index contributed by atoms with van der Waals surface area (Å²) >= 11 is 0. The van der Waals surface area contributed by atoms with Gasteiger partial charge in [0.05, 0.1) is 11.8 Å². The summed E-state index contributed by atoms with van der Waals surface area (Å²) in [7, 11) is 0. The first-order valence-electron chi connectivity index (χ1n) is 8.60. The third-order valence-electron chi connectivity index (χ3n) is 5.23. The van der Waals surface area contributed by atoms with Crippen LogP contribution in [-0.4, -0.2) is 33.1 Å². The standard InChI is InChI=1S/C17H27N3O/c1-13-16(12-18-19-13)17(21)20(14-8-4-2-5-9-14)15-10-6-3-7-11-15/h12,14-15H,2-11H2,1H3,(H,18,19). The largest absolute Gasteiger partial charge is 0.333 e. The lowest BCUT2D eigenvalue weighted by Crippen LogP contribution is -2.48. The van der Waals surface area contributed by atoms with Gasteiger partial charge in [0.25, 0.3) is 5.91 Å². The molecule has 1 heterocycles. The number of nitrogens with zero attached hydrogens (tertiary/aromatic N) is 2. The van der Waals surface area contributed by atoms with Crippen LogP contribution in [0.3, 0.4) is 0 Å². The molecule has 0 atom stereocenters. The number of carbonyl (C=O) groups excluding carboxylic acids is 1. The van der Waals surface area contributed by atoms with E-state index in [1.165, 1.54) is 64.2 Å². The quantitative estimate of drug-likeness (QED) is 0.919. The van der Waals surface area contributed by atoms with E-state index in [0.717, 1.165) is 11.3 Å². The predicted molar refractivity (Wildman–Crippen MR) is 83.2 cm³/mol. The molecular weight excluding hydrogens is 262 g/mol. The molecule has 1 amide bonds. The van der Waals surface area contributed by atoms with E-state index in [2.05, 4.69) is 15.1 Å². The van der Waals surface area contributed by atoms with E-state index >= 15 is 0 Å². The molecule has 0 unspecified atom stereocenters. The molecule has 1 N–H and O–H groups in total. The van der Waals surface area contributed by atoms with Gasteiger partial charge in [0.1, 0.15) is 0 Å². The van der Waals surface area contributed by atoms with Gasteiger partial charge in [-0.1, -0.05) is 38.5 Å². The van der Waals surface area contributed by atoms with Crippen molar-refractivity contribution < 1.29 is 4.79 Å². The summed E-state index contributed by atoms with van der Waals surface area (Å²) in [5.41, 5.74) is 1.67. The van der Waals surface area contributed by atoms with Gasteiger partial charge in [-0.2, -0.15) is 5.10 Å².